The first-order valence-corrected chi connectivity index (χ1v) is 7.46. The van der Waals surface area contributed by atoms with E-state index in [1.165, 1.54) is 6.20 Å². The van der Waals surface area contributed by atoms with Crippen LogP contribution < -0.4 is 4.57 Å². The normalized spacial score (nSPS) is 13.2. The monoisotopic (exact) mass is 392 g/mol. The highest BCUT2D eigenvalue weighted by atomic mass is 32.2. The van der Waals surface area contributed by atoms with Crippen molar-refractivity contribution in [2.75, 3.05) is 0 Å². The molecule has 0 bridgehead atoms. The van der Waals surface area contributed by atoms with Crippen LogP contribution in [0.1, 0.15) is 19.2 Å². The van der Waals surface area contributed by atoms with Crippen LogP contribution >= 0.6 is 0 Å². The Morgan fingerprint density at radius 1 is 1.17 bits per heavy atom. The number of hydrogen-bond donors (Lipinski definition) is 1. The van der Waals surface area contributed by atoms with Crippen molar-refractivity contribution in [2.45, 2.75) is 43.9 Å². The first-order chi connectivity index (χ1) is 10.7. The van der Waals surface area contributed by atoms with Gasteiger partial charge in [-0.15, -0.1) is 0 Å². The molecular weight excluding hydrogens is 380 g/mol. The van der Waals surface area contributed by atoms with E-state index in [4.69, 9.17) is 0 Å². The lowest BCUT2D eigenvalue weighted by atomic mass is 10.3. The number of imidazole rings is 1. The summed E-state index contributed by atoms with van der Waals surface area (Å²) in [7, 11) is -6.23. The summed E-state index contributed by atoms with van der Waals surface area (Å²) in [6.45, 7) is 1.78. The second-order valence-electron chi connectivity index (χ2n) is 4.23. The lowest BCUT2D eigenvalue weighted by molar-refractivity contribution is -0.838. The van der Waals surface area contributed by atoms with Crippen LogP contribution in [0.3, 0.4) is 0 Å². The third-order valence-corrected chi connectivity index (χ3v) is 3.27. The summed E-state index contributed by atoms with van der Waals surface area (Å²) >= 11 is 0. The van der Waals surface area contributed by atoms with Gasteiger partial charge in [-0.05, 0) is 6.42 Å². The maximum absolute atomic E-state index is 12.9. The van der Waals surface area contributed by atoms with E-state index in [0.29, 0.717) is 17.4 Å². The van der Waals surface area contributed by atoms with Gasteiger partial charge in [-0.3, -0.25) is 0 Å². The molecule has 142 valence electrons. The van der Waals surface area contributed by atoms with Crippen molar-refractivity contribution >= 4 is 10.1 Å². The highest BCUT2D eigenvalue weighted by molar-refractivity contribution is 7.86. The number of aromatic amines is 1. The number of rotatable bonds is 6. The molecule has 1 rings (SSSR count). The molecule has 1 heterocycles. The predicted octanol–water partition coefficient (Wildman–Crippen LogP) is 2.46. The van der Waals surface area contributed by atoms with Gasteiger partial charge in [-0.1, -0.05) is 6.92 Å². The van der Waals surface area contributed by atoms with Crippen molar-refractivity contribution in [1.29, 1.82) is 0 Å². The SMILES string of the molecule is CCCc1[nH]cc[n+]1C(F)(F)C(F)F.O=S(=O)([O-])C(F)(F)C(F)F. The molecule has 0 spiro atoms. The van der Waals surface area contributed by atoms with Gasteiger partial charge in [0.15, 0.2) is 10.1 Å². The highest BCUT2D eigenvalue weighted by Crippen LogP contribution is 2.27. The minimum atomic E-state index is -6.23. The number of hydrogen-bond acceptors (Lipinski definition) is 3. The minimum Gasteiger partial charge on any atom is -0.743 e. The Kier molecular flexibility index (Phi) is 7.61. The number of nitrogens with zero attached hydrogens (tertiary/aromatic N) is 1. The average molecular weight is 392 g/mol. The van der Waals surface area contributed by atoms with Gasteiger partial charge in [0.2, 0.25) is 0 Å². The van der Waals surface area contributed by atoms with Crippen LogP contribution in [0.4, 0.5) is 35.1 Å². The van der Waals surface area contributed by atoms with Gasteiger partial charge in [0, 0.05) is 6.42 Å². The summed E-state index contributed by atoms with van der Waals surface area (Å²) in [4.78, 5) is 2.52. The fourth-order valence-corrected chi connectivity index (χ4v) is 1.51. The fraction of sp³-hybridized carbons (Fsp3) is 0.700. The summed E-state index contributed by atoms with van der Waals surface area (Å²) in [5, 5.41) is -5.48. The molecule has 1 aromatic heterocycles. The van der Waals surface area contributed by atoms with Gasteiger partial charge < -0.3 is 4.55 Å². The van der Waals surface area contributed by atoms with Crippen molar-refractivity contribution < 1.29 is 52.7 Å². The van der Waals surface area contributed by atoms with Crippen LogP contribution in [0.15, 0.2) is 12.4 Å². The summed E-state index contributed by atoms with van der Waals surface area (Å²) in [5.74, 6) is 0.109. The topological polar surface area (TPSA) is 76.9 Å². The van der Waals surface area contributed by atoms with E-state index in [1.807, 2.05) is 0 Å². The summed E-state index contributed by atoms with van der Waals surface area (Å²) in [6, 6.07) is -4.13. The van der Waals surface area contributed by atoms with Gasteiger partial charge in [0.05, 0.1) is 0 Å². The standard InChI is InChI=1S/C8H10F4N2.C2H2F4O3S/c1-2-3-6-13-4-5-14(6)8(11,12)7(9)10;3-1(4)2(5,6)10(7,8)9/h4-5,7H,2-3H2,1H3;1H,(H,7,8,9). The Hall–Kier alpha value is -1.44. The second-order valence-corrected chi connectivity index (χ2v) is 5.68. The van der Waals surface area contributed by atoms with Crippen molar-refractivity contribution in [1.82, 2.24) is 4.98 Å². The molecule has 1 N–H and O–H groups in total. The van der Waals surface area contributed by atoms with Crippen LogP contribution in [0.25, 0.3) is 0 Å². The molecular formula is C10H12F8N2O3S. The zero-order chi connectivity index (χ0) is 19.3. The van der Waals surface area contributed by atoms with Gasteiger partial charge in [0.1, 0.15) is 12.4 Å². The van der Waals surface area contributed by atoms with Crippen molar-refractivity contribution in [3.63, 3.8) is 0 Å². The van der Waals surface area contributed by atoms with Gasteiger partial charge in [0.25, 0.3) is 5.82 Å². The number of alkyl halides is 8. The zero-order valence-electron chi connectivity index (χ0n) is 11.8. The molecule has 0 radical (unpaired) electrons. The number of H-pyrrole nitrogens is 1. The van der Waals surface area contributed by atoms with Crippen LogP contribution in [0.5, 0.6) is 0 Å². The van der Waals surface area contributed by atoms with Crippen LogP contribution in [0, 0.1) is 0 Å². The number of halogens is 8. The molecule has 0 aliphatic heterocycles. The molecule has 0 saturated carbocycles. The summed E-state index contributed by atoms with van der Waals surface area (Å²) < 4.78 is 123. The smallest absolute Gasteiger partial charge is 0.459 e. The quantitative estimate of drug-likeness (QED) is 0.459. The molecule has 14 heteroatoms. The first-order valence-electron chi connectivity index (χ1n) is 6.05. The van der Waals surface area contributed by atoms with E-state index < -0.39 is 34.3 Å². The molecule has 0 amide bonds. The van der Waals surface area contributed by atoms with E-state index >= 15 is 0 Å². The largest absolute Gasteiger partial charge is 0.743 e. The van der Waals surface area contributed by atoms with Crippen molar-refractivity contribution in [3.8, 4) is 0 Å². The molecule has 0 saturated heterocycles. The molecule has 5 nitrogen and oxygen atoms in total. The molecule has 0 unspecified atom stereocenters. The number of aromatic nitrogens is 2. The Morgan fingerprint density at radius 3 is 1.96 bits per heavy atom. The molecule has 24 heavy (non-hydrogen) atoms. The predicted molar refractivity (Wildman–Crippen MR) is 61.8 cm³/mol. The van der Waals surface area contributed by atoms with E-state index in [0.717, 1.165) is 6.20 Å². The highest BCUT2D eigenvalue weighted by Gasteiger charge is 2.49. The second kappa shape index (κ2) is 8.09. The van der Waals surface area contributed by atoms with Gasteiger partial charge in [-0.25, -0.2) is 22.2 Å². The van der Waals surface area contributed by atoms with E-state index in [-0.39, 0.29) is 5.82 Å². The van der Waals surface area contributed by atoms with Gasteiger partial charge >= 0.3 is 24.2 Å². The molecule has 0 atom stereocenters. The van der Waals surface area contributed by atoms with Gasteiger partial charge in [-0.2, -0.15) is 30.9 Å². The zero-order valence-corrected chi connectivity index (χ0v) is 12.6. The molecule has 0 aliphatic rings. The van der Waals surface area contributed by atoms with Crippen molar-refractivity contribution in [2.24, 2.45) is 0 Å². The summed E-state index contributed by atoms with van der Waals surface area (Å²) in [6.07, 6.45) is -5.10. The van der Waals surface area contributed by atoms with Crippen LogP contribution in [-0.2, 0) is 22.6 Å². The Balaban J connectivity index is 0.000000470. The lowest BCUT2D eigenvalue weighted by Gasteiger charge is -2.17. The number of aryl methyl sites for hydroxylation is 1. The molecule has 0 aliphatic carbocycles. The molecule has 0 aromatic carbocycles. The Bertz CT molecular complexity index is 617. The van der Waals surface area contributed by atoms with Crippen LogP contribution in [0.2, 0.25) is 0 Å². The van der Waals surface area contributed by atoms with Crippen LogP contribution in [-0.4, -0.2) is 36.1 Å². The summed E-state index contributed by atoms with van der Waals surface area (Å²) in [5.41, 5.74) is 0. The maximum Gasteiger partial charge on any atom is 0.459 e. The molecule has 1 aromatic rings. The number of nitrogens with one attached hydrogen (secondary N) is 1. The van der Waals surface area contributed by atoms with E-state index in [1.54, 1.807) is 6.92 Å². The average Bonchev–Trinajstić information content (AvgIpc) is 2.87. The first kappa shape index (κ1) is 22.6. The third-order valence-electron chi connectivity index (χ3n) is 2.42. The van der Waals surface area contributed by atoms with E-state index in [2.05, 4.69) is 4.98 Å². The lowest BCUT2D eigenvalue weighted by Crippen LogP contribution is -2.56. The Labute approximate surface area is 131 Å². The molecule has 0 fully saturated rings. The minimum absolute atomic E-state index is 0.109. The maximum atomic E-state index is 12.9. The van der Waals surface area contributed by atoms with Crippen molar-refractivity contribution in [3.05, 3.63) is 18.2 Å². The Morgan fingerprint density at radius 2 is 1.67 bits per heavy atom. The third kappa shape index (κ3) is 5.29. The fourth-order valence-electron chi connectivity index (χ4n) is 1.29. The van der Waals surface area contributed by atoms with E-state index in [9.17, 15) is 48.1 Å².